The lowest BCUT2D eigenvalue weighted by Crippen LogP contribution is -2.37. The van der Waals surface area contributed by atoms with E-state index in [1.165, 1.54) is 45.1 Å². The summed E-state index contributed by atoms with van der Waals surface area (Å²) >= 11 is 0. The predicted octanol–water partition coefficient (Wildman–Crippen LogP) is 4.23. The molecular weight excluding hydrogens is 206 g/mol. The number of hydrogen-bond donors (Lipinski definition) is 1. The smallest absolute Gasteiger partial charge is 0.00683 e. The molecule has 100 valence electrons. The van der Waals surface area contributed by atoms with Crippen molar-refractivity contribution in [2.45, 2.75) is 72.3 Å². The van der Waals surface area contributed by atoms with Crippen LogP contribution in [0.5, 0.6) is 0 Å². The van der Waals surface area contributed by atoms with Gasteiger partial charge in [0.1, 0.15) is 0 Å². The highest BCUT2D eigenvalue weighted by atomic mass is 14.9. The van der Waals surface area contributed by atoms with E-state index in [0.717, 1.165) is 23.8 Å². The molecule has 2 rings (SSSR count). The first-order valence-corrected chi connectivity index (χ1v) is 7.70. The zero-order valence-corrected chi connectivity index (χ0v) is 12.3. The molecule has 1 N–H and O–H groups in total. The Morgan fingerprint density at radius 2 is 1.82 bits per heavy atom. The summed E-state index contributed by atoms with van der Waals surface area (Å²) in [6.45, 7) is 11.0. The third-order valence-electron chi connectivity index (χ3n) is 4.69. The second-order valence-electron chi connectivity index (χ2n) is 7.74. The second kappa shape index (κ2) is 5.30. The van der Waals surface area contributed by atoms with Gasteiger partial charge in [-0.3, -0.25) is 0 Å². The van der Waals surface area contributed by atoms with E-state index in [0.29, 0.717) is 5.41 Å². The van der Waals surface area contributed by atoms with E-state index in [9.17, 15) is 0 Å². The summed E-state index contributed by atoms with van der Waals surface area (Å²) in [4.78, 5) is 0. The molecule has 2 unspecified atom stereocenters. The summed E-state index contributed by atoms with van der Waals surface area (Å²) in [5.74, 6) is 2.77. The number of rotatable bonds is 5. The predicted molar refractivity (Wildman–Crippen MR) is 75.1 cm³/mol. The Morgan fingerprint density at radius 1 is 1.12 bits per heavy atom. The Hall–Kier alpha value is -0.0400. The highest BCUT2D eigenvalue weighted by molar-refractivity contribution is 4.89. The van der Waals surface area contributed by atoms with Crippen LogP contribution in [0.15, 0.2) is 0 Å². The van der Waals surface area contributed by atoms with Crippen molar-refractivity contribution in [3.63, 3.8) is 0 Å². The lowest BCUT2D eigenvalue weighted by atomic mass is 9.65. The quantitative estimate of drug-likeness (QED) is 0.754. The Labute approximate surface area is 108 Å². The maximum Gasteiger partial charge on any atom is 0.00683 e. The fraction of sp³-hybridized carbons (Fsp3) is 1.00. The van der Waals surface area contributed by atoms with Gasteiger partial charge in [0.15, 0.2) is 0 Å². The van der Waals surface area contributed by atoms with Crippen LogP contribution in [0.2, 0.25) is 0 Å². The second-order valence-corrected chi connectivity index (χ2v) is 7.74. The van der Waals surface area contributed by atoms with Gasteiger partial charge in [0.05, 0.1) is 0 Å². The van der Waals surface area contributed by atoms with Crippen molar-refractivity contribution in [1.82, 2.24) is 5.32 Å². The van der Waals surface area contributed by atoms with Gasteiger partial charge in [-0.2, -0.15) is 0 Å². The van der Waals surface area contributed by atoms with Crippen molar-refractivity contribution in [2.75, 3.05) is 6.54 Å². The summed E-state index contributed by atoms with van der Waals surface area (Å²) < 4.78 is 0. The van der Waals surface area contributed by atoms with Crippen LogP contribution in [-0.4, -0.2) is 12.6 Å². The SMILES string of the molecule is CC(C)CC1CC(C)(C)CCC1CNC1CC1. The van der Waals surface area contributed by atoms with Crippen LogP contribution < -0.4 is 5.32 Å². The standard InChI is InChI=1S/C16H31N/c1-12(2)9-14-10-16(3,4)8-7-13(14)11-17-15-5-6-15/h12-15,17H,5-11H2,1-4H3. The maximum absolute atomic E-state index is 3.76. The van der Waals surface area contributed by atoms with Crippen LogP contribution in [0.25, 0.3) is 0 Å². The van der Waals surface area contributed by atoms with E-state index in [1.807, 2.05) is 0 Å². The molecule has 0 saturated heterocycles. The van der Waals surface area contributed by atoms with E-state index in [-0.39, 0.29) is 0 Å². The molecule has 2 fully saturated rings. The van der Waals surface area contributed by atoms with Gasteiger partial charge in [-0.25, -0.2) is 0 Å². The molecule has 2 saturated carbocycles. The monoisotopic (exact) mass is 237 g/mol. The largest absolute Gasteiger partial charge is 0.314 e. The summed E-state index contributed by atoms with van der Waals surface area (Å²) in [6.07, 6.45) is 8.60. The van der Waals surface area contributed by atoms with E-state index in [4.69, 9.17) is 0 Å². The molecule has 0 aliphatic heterocycles. The maximum atomic E-state index is 3.76. The normalized spacial score (nSPS) is 33.0. The summed E-state index contributed by atoms with van der Waals surface area (Å²) in [7, 11) is 0. The molecule has 0 aromatic heterocycles. The molecule has 0 amide bonds. The molecular formula is C16H31N. The van der Waals surface area contributed by atoms with Crippen molar-refractivity contribution in [2.24, 2.45) is 23.2 Å². The topological polar surface area (TPSA) is 12.0 Å². The molecule has 2 atom stereocenters. The number of nitrogens with one attached hydrogen (secondary N) is 1. The van der Waals surface area contributed by atoms with Gasteiger partial charge in [0.2, 0.25) is 0 Å². The van der Waals surface area contributed by atoms with E-state index >= 15 is 0 Å². The van der Waals surface area contributed by atoms with E-state index in [1.54, 1.807) is 0 Å². The average Bonchev–Trinajstić information content (AvgIpc) is 2.98. The minimum atomic E-state index is 0.593. The first kappa shape index (κ1) is 13.4. The summed E-state index contributed by atoms with van der Waals surface area (Å²) in [5.41, 5.74) is 0.593. The van der Waals surface area contributed by atoms with Gasteiger partial charge in [-0.1, -0.05) is 27.7 Å². The third kappa shape index (κ3) is 4.28. The average molecular weight is 237 g/mol. The summed E-state index contributed by atoms with van der Waals surface area (Å²) in [5, 5.41) is 3.76. The number of hydrogen-bond acceptors (Lipinski definition) is 1. The van der Waals surface area contributed by atoms with Crippen LogP contribution in [0.4, 0.5) is 0 Å². The van der Waals surface area contributed by atoms with Gasteiger partial charge < -0.3 is 5.32 Å². The fourth-order valence-electron chi connectivity index (χ4n) is 3.55. The summed E-state index contributed by atoms with van der Waals surface area (Å²) in [6, 6.07) is 0.879. The Morgan fingerprint density at radius 3 is 2.41 bits per heavy atom. The van der Waals surface area contributed by atoms with Gasteiger partial charge in [0.25, 0.3) is 0 Å². The molecule has 0 aromatic carbocycles. The Balaban J connectivity index is 1.86. The highest BCUT2D eigenvalue weighted by Gasteiger charge is 2.35. The van der Waals surface area contributed by atoms with Crippen LogP contribution >= 0.6 is 0 Å². The van der Waals surface area contributed by atoms with Crippen molar-refractivity contribution in [3.05, 3.63) is 0 Å². The lowest BCUT2D eigenvalue weighted by molar-refractivity contribution is 0.100. The molecule has 2 aliphatic rings. The van der Waals surface area contributed by atoms with Crippen molar-refractivity contribution < 1.29 is 0 Å². The van der Waals surface area contributed by atoms with Crippen LogP contribution in [0.1, 0.15) is 66.2 Å². The van der Waals surface area contributed by atoms with Gasteiger partial charge in [0, 0.05) is 6.04 Å². The molecule has 1 heteroatoms. The molecule has 0 aromatic rings. The lowest BCUT2D eigenvalue weighted by Gasteiger charge is -2.42. The minimum Gasteiger partial charge on any atom is -0.314 e. The van der Waals surface area contributed by atoms with Crippen LogP contribution in [0.3, 0.4) is 0 Å². The molecule has 0 heterocycles. The van der Waals surface area contributed by atoms with Gasteiger partial charge in [-0.05, 0) is 68.2 Å². The molecule has 2 aliphatic carbocycles. The highest BCUT2D eigenvalue weighted by Crippen LogP contribution is 2.44. The van der Waals surface area contributed by atoms with Gasteiger partial charge in [-0.15, -0.1) is 0 Å². The first-order valence-electron chi connectivity index (χ1n) is 7.70. The molecule has 17 heavy (non-hydrogen) atoms. The third-order valence-corrected chi connectivity index (χ3v) is 4.69. The van der Waals surface area contributed by atoms with Gasteiger partial charge >= 0.3 is 0 Å². The minimum absolute atomic E-state index is 0.593. The van der Waals surface area contributed by atoms with Crippen LogP contribution in [-0.2, 0) is 0 Å². The van der Waals surface area contributed by atoms with Crippen molar-refractivity contribution in [1.29, 1.82) is 0 Å². The molecule has 1 nitrogen and oxygen atoms in total. The van der Waals surface area contributed by atoms with Crippen molar-refractivity contribution in [3.8, 4) is 0 Å². The van der Waals surface area contributed by atoms with E-state index in [2.05, 4.69) is 33.0 Å². The first-order chi connectivity index (χ1) is 7.96. The zero-order valence-electron chi connectivity index (χ0n) is 12.3. The fourth-order valence-corrected chi connectivity index (χ4v) is 3.55. The van der Waals surface area contributed by atoms with E-state index < -0.39 is 0 Å². The zero-order chi connectivity index (χ0) is 12.5. The Kier molecular flexibility index (Phi) is 4.18. The molecule has 0 radical (unpaired) electrons. The van der Waals surface area contributed by atoms with Crippen molar-refractivity contribution >= 4 is 0 Å². The molecule has 0 spiro atoms. The Bertz CT molecular complexity index is 238. The van der Waals surface area contributed by atoms with Crippen LogP contribution in [0, 0.1) is 23.2 Å². The molecule has 0 bridgehead atoms.